The molecule has 3 N–H and O–H groups in total. The Balaban J connectivity index is 1.71. The minimum atomic E-state index is -3.71. The molecule has 0 radical (unpaired) electrons. The summed E-state index contributed by atoms with van der Waals surface area (Å²) in [6.45, 7) is 0.0159. The highest BCUT2D eigenvalue weighted by Gasteiger charge is 2.32. The van der Waals surface area contributed by atoms with Crippen molar-refractivity contribution in [2.45, 2.75) is 36.2 Å². The van der Waals surface area contributed by atoms with Crippen LogP contribution >= 0.6 is 0 Å². The van der Waals surface area contributed by atoms with E-state index in [-0.39, 0.29) is 35.1 Å². The van der Waals surface area contributed by atoms with Crippen molar-refractivity contribution in [3.8, 4) is 11.1 Å². The molecular formula is C20H24F2N2O3S. The first-order valence-corrected chi connectivity index (χ1v) is 10.7. The van der Waals surface area contributed by atoms with Gasteiger partial charge in [0.25, 0.3) is 0 Å². The molecule has 0 spiro atoms. The van der Waals surface area contributed by atoms with E-state index in [9.17, 15) is 22.3 Å². The van der Waals surface area contributed by atoms with E-state index in [1.165, 1.54) is 30.3 Å². The van der Waals surface area contributed by atoms with Gasteiger partial charge in [-0.05, 0) is 62.1 Å². The second-order valence-corrected chi connectivity index (χ2v) is 8.83. The third-order valence-corrected chi connectivity index (χ3v) is 6.87. The van der Waals surface area contributed by atoms with Gasteiger partial charge in [0.15, 0.2) is 0 Å². The van der Waals surface area contributed by atoms with Gasteiger partial charge in [0.2, 0.25) is 10.0 Å². The van der Waals surface area contributed by atoms with Gasteiger partial charge in [0, 0.05) is 23.7 Å². The van der Waals surface area contributed by atoms with Crippen LogP contribution in [0.3, 0.4) is 0 Å². The van der Waals surface area contributed by atoms with Crippen molar-refractivity contribution < 1.29 is 22.3 Å². The molecule has 0 saturated heterocycles. The number of benzene rings is 2. The molecule has 8 heteroatoms. The number of aliphatic hydroxyl groups is 1. The molecule has 1 aliphatic rings. The molecule has 0 aliphatic heterocycles. The third kappa shape index (κ3) is 4.57. The summed E-state index contributed by atoms with van der Waals surface area (Å²) in [6.07, 6.45) is 2.20. The van der Waals surface area contributed by atoms with Crippen LogP contribution in [-0.4, -0.2) is 39.3 Å². The zero-order valence-corrected chi connectivity index (χ0v) is 16.3. The normalized spacial score (nSPS) is 21.0. The van der Waals surface area contributed by atoms with E-state index in [0.717, 1.165) is 18.6 Å². The molecule has 2 aromatic rings. The number of aliphatic hydroxyl groups excluding tert-OH is 1. The molecule has 0 heterocycles. The quantitative estimate of drug-likeness (QED) is 0.656. The van der Waals surface area contributed by atoms with Crippen LogP contribution in [-0.2, 0) is 10.0 Å². The molecule has 1 unspecified atom stereocenters. The Bertz CT molecular complexity index is 916. The lowest BCUT2D eigenvalue weighted by atomic mass is 9.99. The van der Waals surface area contributed by atoms with E-state index in [1.807, 2.05) is 0 Å². The molecule has 1 fully saturated rings. The molecule has 1 saturated carbocycles. The number of hydrogen-bond acceptors (Lipinski definition) is 4. The maximum atomic E-state index is 13.9. The Morgan fingerprint density at radius 2 is 1.86 bits per heavy atom. The fraction of sp³-hybridized carbons (Fsp3) is 0.400. The number of nitrogens with one attached hydrogen (secondary N) is 2. The summed E-state index contributed by atoms with van der Waals surface area (Å²) in [5.41, 5.74) is 0.677. The molecule has 0 amide bonds. The van der Waals surface area contributed by atoms with Gasteiger partial charge < -0.3 is 10.4 Å². The monoisotopic (exact) mass is 410 g/mol. The lowest BCUT2D eigenvalue weighted by Gasteiger charge is -2.21. The predicted octanol–water partition coefficient (Wildman–Crippen LogP) is 2.66. The Kier molecular flexibility index (Phi) is 6.44. The average Bonchev–Trinajstić information content (AvgIpc) is 3.10. The molecule has 0 bridgehead atoms. The van der Waals surface area contributed by atoms with Gasteiger partial charge in [0.1, 0.15) is 11.6 Å². The van der Waals surface area contributed by atoms with E-state index in [0.29, 0.717) is 18.4 Å². The van der Waals surface area contributed by atoms with Gasteiger partial charge in [-0.15, -0.1) is 0 Å². The highest BCUT2D eigenvalue weighted by Crippen LogP contribution is 2.30. The molecule has 28 heavy (non-hydrogen) atoms. The summed E-state index contributed by atoms with van der Waals surface area (Å²) in [5, 5.41) is 12.4. The third-order valence-electron chi connectivity index (χ3n) is 5.34. The summed E-state index contributed by atoms with van der Waals surface area (Å²) in [6, 6.07) is 8.88. The van der Waals surface area contributed by atoms with Crippen molar-refractivity contribution >= 4 is 10.0 Å². The van der Waals surface area contributed by atoms with E-state index >= 15 is 0 Å². The van der Waals surface area contributed by atoms with Gasteiger partial charge in [-0.25, -0.2) is 21.9 Å². The minimum Gasteiger partial charge on any atom is -0.395 e. The van der Waals surface area contributed by atoms with Crippen molar-refractivity contribution in [3.05, 3.63) is 54.1 Å². The Morgan fingerprint density at radius 3 is 2.46 bits per heavy atom. The number of halogens is 2. The summed E-state index contributed by atoms with van der Waals surface area (Å²) < 4.78 is 55.0. The number of likely N-dealkylation sites (N-methyl/N-ethyl adjacent to an activating group) is 1. The van der Waals surface area contributed by atoms with Gasteiger partial charge in [-0.2, -0.15) is 0 Å². The molecule has 152 valence electrons. The second-order valence-electron chi connectivity index (χ2n) is 7.12. The fourth-order valence-electron chi connectivity index (χ4n) is 3.79. The van der Waals surface area contributed by atoms with Gasteiger partial charge in [-0.1, -0.05) is 12.1 Å². The Morgan fingerprint density at radius 1 is 1.14 bits per heavy atom. The van der Waals surface area contributed by atoms with E-state index < -0.39 is 21.7 Å². The number of sulfonamides is 1. The molecule has 5 nitrogen and oxygen atoms in total. The van der Waals surface area contributed by atoms with Crippen molar-refractivity contribution in [1.29, 1.82) is 0 Å². The summed E-state index contributed by atoms with van der Waals surface area (Å²) in [7, 11) is -1.93. The van der Waals surface area contributed by atoms with Crippen LogP contribution in [0.4, 0.5) is 8.78 Å². The van der Waals surface area contributed by atoms with E-state index in [4.69, 9.17) is 0 Å². The predicted molar refractivity (Wildman–Crippen MR) is 103 cm³/mol. The SMILES string of the molecule is CNC(CO)[C@H]1CC[C@@H](NS(=O)(=O)c2ccc(-c3ccc(F)cc3F)cc2)C1. The highest BCUT2D eigenvalue weighted by atomic mass is 32.2. The highest BCUT2D eigenvalue weighted by molar-refractivity contribution is 7.89. The largest absolute Gasteiger partial charge is 0.395 e. The van der Waals surface area contributed by atoms with Crippen LogP contribution < -0.4 is 10.0 Å². The van der Waals surface area contributed by atoms with Crippen LogP contribution in [0.1, 0.15) is 19.3 Å². The zero-order valence-electron chi connectivity index (χ0n) is 15.5. The van der Waals surface area contributed by atoms with Gasteiger partial charge in [0.05, 0.1) is 11.5 Å². The fourth-order valence-corrected chi connectivity index (χ4v) is 5.07. The van der Waals surface area contributed by atoms with E-state index in [2.05, 4.69) is 10.0 Å². The van der Waals surface area contributed by atoms with E-state index in [1.54, 1.807) is 7.05 Å². The maximum Gasteiger partial charge on any atom is 0.240 e. The number of rotatable bonds is 7. The molecule has 3 atom stereocenters. The lowest BCUT2D eigenvalue weighted by Crippen LogP contribution is -2.38. The first kappa shape index (κ1) is 20.9. The van der Waals surface area contributed by atoms with Crippen LogP contribution in [0.15, 0.2) is 47.4 Å². The average molecular weight is 410 g/mol. The van der Waals surface area contributed by atoms with Crippen LogP contribution in [0, 0.1) is 17.6 Å². The first-order chi connectivity index (χ1) is 13.3. The van der Waals surface area contributed by atoms with Crippen molar-refractivity contribution in [1.82, 2.24) is 10.0 Å². The summed E-state index contributed by atoms with van der Waals surface area (Å²) >= 11 is 0. The lowest BCUT2D eigenvalue weighted by molar-refractivity contribution is 0.205. The van der Waals surface area contributed by atoms with Crippen LogP contribution in [0.25, 0.3) is 11.1 Å². The topological polar surface area (TPSA) is 78.4 Å². The summed E-state index contributed by atoms with van der Waals surface area (Å²) in [5.74, 6) is -1.15. The number of hydrogen-bond donors (Lipinski definition) is 3. The molecular weight excluding hydrogens is 386 g/mol. The smallest absolute Gasteiger partial charge is 0.240 e. The van der Waals surface area contributed by atoms with Crippen molar-refractivity contribution in [2.24, 2.45) is 5.92 Å². The second kappa shape index (κ2) is 8.65. The molecule has 0 aromatic heterocycles. The van der Waals surface area contributed by atoms with Crippen LogP contribution in [0.5, 0.6) is 0 Å². The Labute approximate surface area is 163 Å². The maximum absolute atomic E-state index is 13.9. The molecule has 3 rings (SSSR count). The van der Waals surface area contributed by atoms with Crippen LogP contribution in [0.2, 0.25) is 0 Å². The molecule has 1 aliphatic carbocycles. The molecule has 2 aromatic carbocycles. The van der Waals surface area contributed by atoms with Crippen molar-refractivity contribution in [3.63, 3.8) is 0 Å². The van der Waals surface area contributed by atoms with Crippen molar-refractivity contribution in [2.75, 3.05) is 13.7 Å². The Hall–Kier alpha value is -1.87. The van der Waals surface area contributed by atoms with Gasteiger partial charge in [-0.3, -0.25) is 0 Å². The van der Waals surface area contributed by atoms with Gasteiger partial charge >= 0.3 is 0 Å². The first-order valence-electron chi connectivity index (χ1n) is 9.20. The zero-order chi connectivity index (χ0) is 20.3. The summed E-state index contributed by atoms with van der Waals surface area (Å²) in [4.78, 5) is 0.0922. The minimum absolute atomic E-state index is 0.0159. The standard InChI is InChI=1S/C20H24F2N2O3S/c1-23-20(12-25)14-2-6-16(10-14)24-28(26,27)17-7-3-13(4-8-17)18-9-5-15(21)11-19(18)22/h3-5,7-9,11,14,16,20,23-25H,2,6,10,12H2,1H3/t14-,16+,20?/m0/s1.